The zero-order chi connectivity index (χ0) is 9.00. The van der Waals surface area contributed by atoms with E-state index in [0.717, 1.165) is 0 Å². The molecule has 0 saturated heterocycles. The first-order chi connectivity index (χ1) is 4.00. The van der Waals surface area contributed by atoms with Crippen LogP contribution in [0.4, 0.5) is 0 Å². The Kier molecular flexibility index (Phi) is 126. The Bertz CT molecular complexity index is 133. The van der Waals surface area contributed by atoms with Gasteiger partial charge in [0.05, 0.1) is 0 Å². The van der Waals surface area contributed by atoms with Crippen LogP contribution in [0.5, 0.6) is 0 Å². The summed E-state index contributed by atoms with van der Waals surface area (Å²) in [6, 6.07) is 0. The molecule has 0 spiro atoms. The quantitative estimate of drug-likeness (QED) is 0.238. The van der Waals surface area contributed by atoms with Crippen LogP contribution in [-0.2, 0) is 67.6 Å². The van der Waals surface area contributed by atoms with Gasteiger partial charge in [-0.1, -0.05) is 0 Å². The Morgan fingerprint density at radius 2 is 0.444 bits per heavy atom. The first-order valence-electron chi connectivity index (χ1n) is 1.46. The Labute approximate surface area is 139 Å². The van der Waals surface area contributed by atoms with Crippen LogP contribution < -0.4 is 29.4 Å². The molecular formula is H10O13P2Zn3. The van der Waals surface area contributed by atoms with Crippen LogP contribution in [0.3, 0.4) is 0 Å². The maximum atomic E-state index is 8.55. The van der Waals surface area contributed by atoms with E-state index < -0.39 is 15.6 Å². The Hall–Kier alpha value is 1.89. The number of rotatable bonds is 0. The fourth-order valence-electron chi connectivity index (χ4n) is 0. The Balaban J connectivity index is -0.00000000615. The predicted octanol–water partition coefficient (Wildman–Crippen LogP) is -9.78. The molecule has 0 radical (unpaired) electrons. The minimum Gasteiger partial charge on any atom is -0.822 e. The number of phosphoric acid groups is 2. The third kappa shape index (κ3) is 1430. The zero-order valence-corrected chi connectivity index (χ0v) is 19.5. The third-order valence-electron chi connectivity index (χ3n) is 0. The summed E-state index contributed by atoms with van der Waals surface area (Å²) in [7, 11) is -10.8. The van der Waals surface area contributed by atoms with Crippen LogP contribution in [0.2, 0.25) is 0 Å². The van der Waals surface area contributed by atoms with Gasteiger partial charge in [0, 0.05) is 0 Å². The first kappa shape index (κ1) is 72.6. The molecule has 0 saturated carbocycles. The molecule has 0 aliphatic carbocycles. The maximum Gasteiger partial charge on any atom is 2.00 e. The van der Waals surface area contributed by atoms with E-state index in [1.165, 1.54) is 0 Å². The summed E-state index contributed by atoms with van der Waals surface area (Å²) >= 11 is 0. The van der Waals surface area contributed by atoms with Gasteiger partial charge in [-0.05, 0) is 0 Å². The largest absolute Gasteiger partial charge is 2.00 e. The average molecular weight is 476 g/mol. The van der Waals surface area contributed by atoms with Crippen LogP contribution in [0, 0.1) is 0 Å². The van der Waals surface area contributed by atoms with E-state index in [4.69, 9.17) is 38.5 Å². The van der Waals surface area contributed by atoms with Crippen molar-refractivity contribution in [3.8, 4) is 0 Å². The van der Waals surface area contributed by atoms with Gasteiger partial charge in [0.2, 0.25) is 0 Å². The molecule has 13 nitrogen and oxygen atoms in total. The summed E-state index contributed by atoms with van der Waals surface area (Å²) in [6.07, 6.45) is 0. The molecule has 10 N–H and O–H groups in total. The van der Waals surface area contributed by atoms with Crippen molar-refractivity contribution in [2.24, 2.45) is 0 Å². The van der Waals surface area contributed by atoms with Gasteiger partial charge in [0.25, 0.3) is 0 Å². The molecule has 0 fully saturated rings. The van der Waals surface area contributed by atoms with E-state index in [1.54, 1.807) is 0 Å². The molecule has 104 valence electrons. The zero-order valence-electron chi connectivity index (χ0n) is 8.78. The molecule has 0 aromatic heterocycles. The number of hydrogen-bond acceptors (Lipinski definition) is 8. The summed E-state index contributed by atoms with van der Waals surface area (Å²) in [4.78, 5) is 51.3. The van der Waals surface area contributed by atoms with Gasteiger partial charge in [0.1, 0.15) is 0 Å². The monoisotopic (exact) mass is 472 g/mol. The summed E-state index contributed by atoms with van der Waals surface area (Å²) < 4.78 is 17.1. The van der Waals surface area contributed by atoms with Crippen LogP contribution in [-0.4, -0.2) is 27.4 Å². The summed E-state index contributed by atoms with van der Waals surface area (Å²) in [5.74, 6) is 0. The second-order valence-electron chi connectivity index (χ2n) is 0.894. The average Bonchev–Trinajstić information content (AvgIpc) is 1.12. The summed E-state index contributed by atoms with van der Waals surface area (Å²) in [6.45, 7) is 0. The third-order valence-corrected chi connectivity index (χ3v) is 0. The van der Waals surface area contributed by atoms with E-state index in [1.807, 2.05) is 0 Å². The minimum absolute atomic E-state index is 0. The Morgan fingerprint density at radius 1 is 0.444 bits per heavy atom. The van der Waals surface area contributed by atoms with Crippen molar-refractivity contribution >= 4 is 15.6 Å². The maximum absolute atomic E-state index is 8.55. The van der Waals surface area contributed by atoms with E-state index in [-0.39, 0.29) is 85.8 Å². The van der Waals surface area contributed by atoms with Crippen LogP contribution >= 0.6 is 15.6 Å². The van der Waals surface area contributed by atoms with E-state index in [2.05, 4.69) is 0 Å². The van der Waals surface area contributed by atoms with Crippen molar-refractivity contribution in [2.45, 2.75) is 0 Å². The second kappa shape index (κ2) is 31.3. The van der Waals surface area contributed by atoms with Gasteiger partial charge in [-0.25, -0.2) is 0 Å². The normalized spacial score (nSPS) is 6.56. The van der Waals surface area contributed by atoms with Crippen molar-refractivity contribution in [3.63, 3.8) is 0 Å². The molecule has 0 aliphatic rings. The molecule has 0 aromatic rings. The Morgan fingerprint density at radius 3 is 0.444 bits per heavy atom. The molecular weight excluding hydrogens is 466 g/mol. The summed E-state index contributed by atoms with van der Waals surface area (Å²) in [5.41, 5.74) is 0. The molecule has 0 heterocycles. The molecule has 0 bridgehead atoms. The molecule has 0 unspecified atom stereocenters. The van der Waals surface area contributed by atoms with E-state index in [9.17, 15) is 0 Å². The van der Waals surface area contributed by atoms with Crippen molar-refractivity contribution in [1.82, 2.24) is 0 Å². The minimum atomic E-state index is -5.39. The molecule has 0 aliphatic heterocycles. The summed E-state index contributed by atoms with van der Waals surface area (Å²) in [5, 5.41) is 0. The van der Waals surface area contributed by atoms with Crippen LogP contribution in [0.15, 0.2) is 0 Å². The van der Waals surface area contributed by atoms with Crippen molar-refractivity contribution in [1.29, 1.82) is 0 Å². The van der Waals surface area contributed by atoms with Crippen molar-refractivity contribution < 1.29 is 124 Å². The predicted molar refractivity (Wildman–Crippen MR) is 33.3 cm³/mol. The number of hydrogen-bond donors (Lipinski definition) is 0. The van der Waals surface area contributed by atoms with Crippen LogP contribution in [0.1, 0.15) is 0 Å². The van der Waals surface area contributed by atoms with Gasteiger partial charge in [0.15, 0.2) is 0 Å². The van der Waals surface area contributed by atoms with E-state index in [0.29, 0.717) is 0 Å². The molecule has 18 heavy (non-hydrogen) atoms. The molecule has 0 rings (SSSR count). The fourth-order valence-corrected chi connectivity index (χ4v) is 0. The molecule has 0 atom stereocenters. The van der Waals surface area contributed by atoms with Crippen molar-refractivity contribution in [3.05, 3.63) is 0 Å². The standard InChI is InChI=1S/2H3O4P.5H2O.3Zn/c2*1-5(2,3)4;;;;;;;;/h2*(H3,1,2,3,4);5*1H2;;;/q;;;;;;;3*+2/p-6. The van der Waals surface area contributed by atoms with Gasteiger partial charge in [-0.15, -0.1) is 0 Å². The van der Waals surface area contributed by atoms with Crippen molar-refractivity contribution in [2.75, 3.05) is 0 Å². The van der Waals surface area contributed by atoms with Gasteiger partial charge in [-0.2, -0.15) is 15.6 Å². The van der Waals surface area contributed by atoms with Gasteiger partial charge in [-0.3, -0.25) is 0 Å². The fraction of sp³-hybridized carbons (Fsp3) is 0. The van der Waals surface area contributed by atoms with Gasteiger partial charge >= 0.3 is 58.4 Å². The molecule has 18 heteroatoms. The smallest absolute Gasteiger partial charge is 0.822 e. The second-order valence-corrected chi connectivity index (χ2v) is 2.68. The molecule has 0 amide bonds. The topological polar surface area (TPSA) is 330 Å². The van der Waals surface area contributed by atoms with Crippen LogP contribution in [0.25, 0.3) is 0 Å². The van der Waals surface area contributed by atoms with E-state index >= 15 is 0 Å². The molecule has 0 aromatic carbocycles. The SMILES string of the molecule is O.O.O.O.O.O=P([O-])([O-])[O-].O=P([O-])([O-])[O-].[Zn+2].[Zn+2].[Zn+2]. The van der Waals surface area contributed by atoms with Gasteiger partial charge < -0.3 is 65.9 Å². The first-order valence-corrected chi connectivity index (χ1v) is 4.38.